The van der Waals surface area contributed by atoms with Crippen molar-refractivity contribution in [3.63, 3.8) is 0 Å². The van der Waals surface area contributed by atoms with Crippen LogP contribution >= 0.6 is 0 Å². The van der Waals surface area contributed by atoms with Crippen LogP contribution in [0.4, 0.5) is 5.69 Å². The molecule has 0 aliphatic heterocycles. The molecule has 106 valence electrons. The molecule has 0 spiro atoms. The van der Waals surface area contributed by atoms with Gasteiger partial charge in [0, 0.05) is 24.2 Å². The first-order chi connectivity index (χ1) is 9.01. The zero-order valence-electron chi connectivity index (χ0n) is 12.5. The molecule has 1 aromatic carbocycles. The minimum atomic E-state index is 0.118. The lowest BCUT2D eigenvalue weighted by atomic mass is 10.0. The number of hydrogen-bond donors (Lipinski definition) is 1. The SMILES string of the molecule is CCC(CC)C(=O)N(Cc1ccccc1N)C(C)C. The van der Waals surface area contributed by atoms with Crippen LogP contribution < -0.4 is 5.73 Å². The predicted octanol–water partition coefficient (Wildman–Crippen LogP) is 3.44. The molecule has 1 rings (SSSR count). The van der Waals surface area contributed by atoms with Crippen molar-refractivity contribution in [2.45, 2.75) is 53.1 Å². The molecule has 0 saturated carbocycles. The van der Waals surface area contributed by atoms with Crippen molar-refractivity contribution in [2.24, 2.45) is 5.92 Å². The van der Waals surface area contributed by atoms with Crippen molar-refractivity contribution in [2.75, 3.05) is 5.73 Å². The summed E-state index contributed by atoms with van der Waals surface area (Å²) in [5, 5.41) is 0. The number of nitrogens with zero attached hydrogens (tertiary/aromatic N) is 1. The van der Waals surface area contributed by atoms with Crippen LogP contribution in [0.15, 0.2) is 24.3 Å². The highest BCUT2D eigenvalue weighted by Gasteiger charge is 2.24. The number of hydrogen-bond acceptors (Lipinski definition) is 2. The van der Waals surface area contributed by atoms with Gasteiger partial charge in [0.05, 0.1) is 0 Å². The Bertz CT molecular complexity index is 411. The molecule has 0 atom stereocenters. The van der Waals surface area contributed by atoms with Crippen molar-refractivity contribution in [1.82, 2.24) is 4.90 Å². The smallest absolute Gasteiger partial charge is 0.226 e. The van der Waals surface area contributed by atoms with Crippen LogP contribution in [-0.2, 0) is 11.3 Å². The van der Waals surface area contributed by atoms with Crippen LogP contribution in [0.5, 0.6) is 0 Å². The number of amides is 1. The van der Waals surface area contributed by atoms with Gasteiger partial charge < -0.3 is 10.6 Å². The van der Waals surface area contributed by atoms with Crippen LogP contribution in [0.3, 0.4) is 0 Å². The molecule has 0 bridgehead atoms. The molecule has 3 heteroatoms. The predicted molar refractivity (Wildman–Crippen MR) is 80.6 cm³/mol. The van der Waals surface area contributed by atoms with E-state index < -0.39 is 0 Å². The minimum Gasteiger partial charge on any atom is -0.398 e. The van der Waals surface area contributed by atoms with Gasteiger partial charge >= 0.3 is 0 Å². The van der Waals surface area contributed by atoms with Crippen molar-refractivity contribution in [1.29, 1.82) is 0 Å². The van der Waals surface area contributed by atoms with Crippen molar-refractivity contribution < 1.29 is 4.79 Å². The second kappa shape index (κ2) is 7.17. The molecule has 0 aromatic heterocycles. The van der Waals surface area contributed by atoms with E-state index in [1.165, 1.54) is 0 Å². The first kappa shape index (κ1) is 15.5. The lowest BCUT2D eigenvalue weighted by molar-refractivity contribution is -0.138. The largest absolute Gasteiger partial charge is 0.398 e. The van der Waals surface area contributed by atoms with E-state index in [2.05, 4.69) is 27.7 Å². The fraction of sp³-hybridized carbons (Fsp3) is 0.562. The second-order valence-corrected chi connectivity index (χ2v) is 5.27. The maximum absolute atomic E-state index is 12.5. The van der Waals surface area contributed by atoms with E-state index in [0.29, 0.717) is 6.54 Å². The summed E-state index contributed by atoms with van der Waals surface area (Å²) in [6.07, 6.45) is 1.78. The lowest BCUT2D eigenvalue weighted by Crippen LogP contribution is -2.40. The first-order valence-electron chi connectivity index (χ1n) is 7.15. The fourth-order valence-corrected chi connectivity index (χ4v) is 2.25. The Morgan fingerprint density at radius 1 is 1.21 bits per heavy atom. The van der Waals surface area contributed by atoms with Gasteiger partial charge in [0.2, 0.25) is 5.91 Å². The Kier molecular flexibility index (Phi) is 5.87. The molecule has 0 aliphatic rings. The highest BCUT2D eigenvalue weighted by Crippen LogP contribution is 2.19. The molecule has 19 heavy (non-hydrogen) atoms. The molecule has 0 aliphatic carbocycles. The van der Waals surface area contributed by atoms with E-state index in [4.69, 9.17) is 5.73 Å². The summed E-state index contributed by atoms with van der Waals surface area (Å²) in [5.74, 6) is 0.357. The maximum atomic E-state index is 12.5. The van der Waals surface area contributed by atoms with Crippen molar-refractivity contribution >= 4 is 11.6 Å². The van der Waals surface area contributed by atoms with Gasteiger partial charge in [0.25, 0.3) is 0 Å². The number of nitrogen functional groups attached to an aromatic ring is 1. The number of nitrogens with two attached hydrogens (primary N) is 1. The number of para-hydroxylation sites is 1. The fourth-order valence-electron chi connectivity index (χ4n) is 2.25. The van der Waals surface area contributed by atoms with Gasteiger partial charge in [-0.3, -0.25) is 4.79 Å². The van der Waals surface area contributed by atoms with E-state index in [9.17, 15) is 4.79 Å². The summed E-state index contributed by atoms with van der Waals surface area (Å²) < 4.78 is 0. The van der Waals surface area contributed by atoms with Gasteiger partial charge in [0.15, 0.2) is 0 Å². The van der Waals surface area contributed by atoms with Crippen LogP contribution in [0.25, 0.3) is 0 Å². The Balaban J connectivity index is 2.90. The summed E-state index contributed by atoms with van der Waals surface area (Å²) in [4.78, 5) is 14.5. The Morgan fingerprint density at radius 3 is 2.26 bits per heavy atom. The van der Waals surface area contributed by atoms with E-state index >= 15 is 0 Å². The van der Waals surface area contributed by atoms with Gasteiger partial charge in [-0.2, -0.15) is 0 Å². The Morgan fingerprint density at radius 2 is 1.79 bits per heavy atom. The zero-order chi connectivity index (χ0) is 14.4. The molecule has 2 N–H and O–H groups in total. The summed E-state index contributed by atoms with van der Waals surface area (Å²) >= 11 is 0. The third-order valence-corrected chi connectivity index (χ3v) is 3.64. The molecular formula is C16H26N2O. The van der Waals surface area contributed by atoms with E-state index in [1.54, 1.807) is 0 Å². The maximum Gasteiger partial charge on any atom is 0.226 e. The Labute approximate surface area is 116 Å². The van der Waals surface area contributed by atoms with Gasteiger partial charge in [-0.05, 0) is 38.3 Å². The van der Waals surface area contributed by atoms with E-state index in [1.807, 2.05) is 29.2 Å². The quantitative estimate of drug-likeness (QED) is 0.798. The summed E-state index contributed by atoms with van der Waals surface area (Å²) in [7, 11) is 0. The second-order valence-electron chi connectivity index (χ2n) is 5.27. The topological polar surface area (TPSA) is 46.3 Å². The summed E-state index contributed by atoms with van der Waals surface area (Å²) in [6.45, 7) is 8.85. The van der Waals surface area contributed by atoms with Gasteiger partial charge in [-0.15, -0.1) is 0 Å². The highest BCUT2D eigenvalue weighted by atomic mass is 16.2. The van der Waals surface area contributed by atoms with Crippen LogP contribution in [0.1, 0.15) is 46.1 Å². The number of rotatable bonds is 6. The van der Waals surface area contributed by atoms with Crippen molar-refractivity contribution in [3.05, 3.63) is 29.8 Å². The molecule has 0 radical (unpaired) electrons. The molecule has 0 saturated heterocycles. The highest BCUT2D eigenvalue weighted by molar-refractivity contribution is 5.79. The van der Waals surface area contributed by atoms with E-state index in [-0.39, 0.29) is 17.9 Å². The third kappa shape index (κ3) is 3.98. The van der Waals surface area contributed by atoms with Gasteiger partial charge in [-0.1, -0.05) is 32.0 Å². The molecule has 0 heterocycles. The van der Waals surface area contributed by atoms with Gasteiger partial charge in [0.1, 0.15) is 0 Å². The lowest BCUT2D eigenvalue weighted by Gasteiger charge is -2.30. The monoisotopic (exact) mass is 262 g/mol. The van der Waals surface area contributed by atoms with Crippen LogP contribution in [0.2, 0.25) is 0 Å². The number of carbonyl (C=O) groups excluding carboxylic acids is 1. The summed E-state index contributed by atoms with van der Waals surface area (Å²) in [5.41, 5.74) is 7.75. The Hall–Kier alpha value is -1.51. The van der Waals surface area contributed by atoms with Crippen LogP contribution in [0, 0.1) is 5.92 Å². The van der Waals surface area contributed by atoms with Gasteiger partial charge in [-0.25, -0.2) is 0 Å². The standard InChI is InChI=1S/C16H26N2O/c1-5-13(6-2)16(19)18(12(3)4)11-14-9-7-8-10-15(14)17/h7-10,12-13H,5-6,11,17H2,1-4H3. The first-order valence-corrected chi connectivity index (χ1v) is 7.15. The van der Waals surface area contributed by atoms with Crippen LogP contribution in [-0.4, -0.2) is 16.8 Å². The number of anilines is 1. The number of benzene rings is 1. The molecular weight excluding hydrogens is 236 g/mol. The zero-order valence-corrected chi connectivity index (χ0v) is 12.5. The molecule has 1 aromatic rings. The van der Waals surface area contributed by atoms with Crippen molar-refractivity contribution in [3.8, 4) is 0 Å². The minimum absolute atomic E-state index is 0.118. The molecule has 1 amide bonds. The normalized spacial score (nSPS) is 11.1. The molecule has 3 nitrogen and oxygen atoms in total. The summed E-state index contributed by atoms with van der Waals surface area (Å²) in [6, 6.07) is 7.95. The molecule has 0 unspecified atom stereocenters. The average molecular weight is 262 g/mol. The average Bonchev–Trinajstić information content (AvgIpc) is 2.38. The number of carbonyl (C=O) groups is 1. The third-order valence-electron chi connectivity index (χ3n) is 3.64. The molecule has 0 fully saturated rings. The van der Waals surface area contributed by atoms with E-state index in [0.717, 1.165) is 24.1 Å².